The zero-order valence-corrected chi connectivity index (χ0v) is 13.2. The molecule has 6 heteroatoms. The summed E-state index contributed by atoms with van der Waals surface area (Å²) in [6, 6.07) is 5.86. The molecule has 1 atom stereocenters. The number of Topliss-reactive ketones (excluding diaryl/α,β-unsaturated/α-hetero) is 2. The normalized spacial score (nSPS) is 17.7. The van der Waals surface area contributed by atoms with Gasteiger partial charge in [-0.1, -0.05) is 36.1 Å². The van der Waals surface area contributed by atoms with Gasteiger partial charge in [-0.15, -0.1) is 0 Å². The second kappa shape index (κ2) is 6.34. The number of nitrogens with one attached hydrogen (secondary N) is 1. The van der Waals surface area contributed by atoms with Gasteiger partial charge in [0.1, 0.15) is 5.92 Å². The van der Waals surface area contributed by atoms with Crippen LogP contribution >= 0.6 is 11.8 Å². The Bertz CT molecular complexity index is 864. The number of nitrogens with zero attached hydrogens (tertiary/aromatic N) is 1. The molecular weight excluding hydrogens is 312 g/mol. The van der Waals surface area contributed by atoms with E-state index in [1.54, 1.807) is 6.08 Å². The number of carbonyl (C=O) groups is 3. The first-order chi connectivity index (χ1) is 11.0. The Labute approximate surface area is 136 Å². The van der Waals surface area contributed by atoms with Gasteiger partial charge in [0.05, 0.1) is 16.8 Å². The predicted molar refractivity (Wildman–Crippen MR) is 88.3 cm³/mol. The lowest BCUT2D eigenvalue weighted by Crippen LogP contribution is -2.28. The molecule has 1 aliphatic rings. The van der Waals surface area contributed by atoms with Crippen LogP contribution in [0.5, 0.6) is 0 Å². The lowest BCUT2D eigenvalue weighted by molar-refractivity contribution is -0.138. The molecule has 1 N–H and O–H groups in total. The van der Waals surface area contributed by atoms with Gasteiger partial charge in [0.25, 0.3) is 0 Å². The van der Waals surface area contributed by atoms with Crippen molar-refractivity contribution in [3.63, 3.8) is 0 Å². The van der Waals surface area contributed by atoms with Gasteiger partial charge >= 0.3 is 0 Å². The second-order valence-electron chi connectivity index (χ2n) is 5.27. The van der Waals surface area contributed by atoms with E-state index in [0.29, 0.717) is 5.16 Å². The largest absolute Gasteiger partial charge is 0.333 e. The van der Waals surface area contributed by atoms with Crippen LogP contribution in [0, 0.1) is 12.8 Å². The predicted octanol–water partition coefficient (Wildman–Crippen LogP) is 2.41. The number of hydrogen-bond acceptors (Lipinski definition) is 5. The summed E-state index contributed by atoms with van der Waals surface area (Å²) in [5, 5.41) is 0.619. The van der Waals surface area contributed by atoms with Crippen LogP contribution in [-0.4, -0.2) is 33.1 Å². The number of aromatic nitrogens is 2. The molecule has 5 nitrogen and oxygen atoms in total. The maximum atomic E-state index is 12.2. The number of imidazole rings is 1. The van der Waals surface area contributed by atoms with Gasteiger partial charge in [0.15, 0.2) is 10.9 Å². The van der Waals surface area contributed by atoms with Crippen molar-refractivity contribution in [2.24, 2.45) is 5.92 Å². The van der Waals surface area contributed by atoms with Crippen LogP contribution < -0.4 is 0 Å². The molecule has 1 aliphatic carbocycles. The van der Waals surface area contributed by atoms with Gasteiger partial charge in [-0.05, 0) is 30.7 Å². The van der Waals surface area contributed by atoms with E-state index in [-0.39, 0.29) is 11.5 Å². The Morgan fingerprint density at radius 3 is 2.96 bits per heavy atom. The van der Waals surface area contributed by atoms with E-state index in [4.69, 9.17) is 0 Å². The average Bonchev–Trinajstić information content (AvgIpc) is 2.85. The first kappa shape index (κ1) is 15.4. The fourth-order valence-electron chi connectivity index (χ4n) is 2.29. The monoisotopic (exact) mass is 326 g/mol. The standard InChI is InChI=1S/C17H14N2O3S/c1-10-6-7-12-13(8-10)19-17(18-12)23-9-15(21)11-4-2-3-5-14(20)16(11)22/h2-8,11H,9H2,1H3,(H,18,19). The highest BCUT2D eigenvalue weighted by molar-refractivity contribution is 7.99. The highest BCUT2D eigenvalue weighted by Gasteiger charge is 2.28. The highest BCUT2D eigenvalue weighted by atomic mass is 32.2. The number of aryl methyl sites for hydroxylation is 1. The SMILES string of the molecule is Cc1ccc2nc(SCC(=O)C3C=CC=CC(=O)C3=O)[nH]c2c1. The van der Waals surface area contributed by atoms with E-state index in [0.717, 1.165) is 16.6 Å². The number of hydrogen-bond donors (Lipinski definition) is 1. The molecule has 1 aromatic heterocycles. The molecule has 3 rings (SSSR count). The fraction of sp³-hybridized carbons (Fsp3) is 0.176. The Morgan fingerprint density at radius 1 is 1.30 bits per heavy atom. The molecule has 1 unspecified atom stereocenters. The summed E-state index contributed by atoms with van der Waals surface area (Å²) in [5.74, 6) is -2.55. The van der Waals surface area contributed by atoms with Crippen molar-refractivity contribution in [3.8, 4) is 0 Å². The first-order valence-electron chi connectivity index (χ1n) is 7.09. The fourth-order valence-corrected chi connectivity index (χ4v) is 3.10. The molecule has 0 fully saturated rings. The Balaban J connectivity index is 1.70. The zero-order chi connectivity index (χ0) is 16.4. The molecule has 0 aliphatic heterocycles. The number of ketones is 3. The van der Waals surface area contributed by atoms with Gasteiger partial charge in [-0.2, -0.15) is 0 Å². The van der Waals surface area contributed by atoms with Crippen molar-refractivity contribution >= 4 is 40.1 Å². The van der Waals surface area contributed by atoms with Crippen molar-refractivity contribution in [1.82, 2.24) is 9.97 Å². The third-order valence-corrected chi connectivity index (χ3v) is 4.40. The molecule has 2 aromatic rings. The number of carbonyl (C=O) groups excluding carboxylic acids is 3. The van der Waals surface area contributed by atoms with Crippen molar-refractivity contribution in [2.75, 3.05) is 5.75 Å². The highest BCUT2D eigenvalue weighted by Crippen LogP contribution is 2.22. The van der Waals surface area contributed by atoms with Gasteiger partial charge < -0.3 is 4.98 Å². The molecule has 116 valence electrons. The minimum absolute atomic E-state index is 0.0762. The number of benzene rings is 1. The average molecular weight is 326 g/mol. The molecular formula is C17H14N2O3S. The summed E-state index contributed by atoms with van der Waals surface area (Å²) in [6.45, 7) is 1.99. The minimum Gasteiger partial charge on any atom is -0.333 e. The maximum absolute atomic E-state index is 12.2. The van der Waals surface area contributed by atoms with E-state index < -0.39 is 17.5 Å². The summed E-state index contributed by atoms with van der Waals surface area (Å²) in [6.07, 6.45) is 5.68. The van der Waals surface area contributed by atoms with Crippen LogP contribution in [0.1, 0.15) is 5.56 Å². The third-order valence-electron chi connectivity index (χ3n) is 3.50. The van der Waals surface area contributed by atoms with Gasteiger partial charge in [-0.25, -0.2) is 4.98 Å². The van der Waals surface area contributed by atoms with Crippen LogP contribution in [0.4, 0.5) is 0 Å². The number of fused-ring (bicyclic) bond motifs is 1. The van der Waals surface area contributed by atoms with Crippen molar-refractivity contribution in [1.29, 1.82) is 0 Å². The lowest BCUT2D eigenvalue weighted by atomic mass is 9.98. The van der Waals surface area contributed by atoms with E-state index in [1.807, 2.05) is 25.1 Å². The number of aromatic amines is 1. The summed E-state index contributed by atoms with van der Waals surface area (Å²) in [5.41, 5.74) is 2.86. The summed E-state index contributed by atoms with van der Waals surface area (Å²) in [4.78, 5) is 43.1. The molecule has 0 saturated carbocycles. The quantitative estimate of drug-likeness (QED) is 0.530. The lowest BCUT2D eigenvalue weighted by Gasteiger charge is -2.06. The zero-order valence-electron chi connectivity index (χ0n) is 12.4. The first-order valence-corrected chi connectivity index (χ1v) is 8.08. The molecule has 0 spiro atoms. The van der Waals surface area contributed by atoms with Crippen LogP contribution in [0.15, 0.2) is 47.7 Å². The number of rotatable bonds is 4. The second-order valence-corrected chi connectivity index (χ2v) is 6.23. The Kier molecular flexibility index (Phi) is 4.25. The maximum Gasteiger partial charge on any atom is 0.222 e. The van der Waals surface area contributed by atoms with E-state index in [9.17, 15) is 14.4 Å². The molecule has 0 saturated heterocycles. The summed E-state index contributed by atoms with van der Waals surface area (Å²) >= 11 is 1.23. The van der Waals surface area contributed by atoms with E-state index in [2.05, 4.69) is 9.97 Å². The summed E-state index contributed by atoms with van der Waals surface area (Å²) < 4.78 is 0. The van der Waals surface area contributed by atoms with Crippen LogP contribution in [0.3, 0.4) is 0 Å². The molecule has 0 radical (unpaired) electrons. The third kappa shape index (κ3) is 3.32. The summed E-state index contributed by atoms with van der Waals surface area (Å²) in [7, 11) is 0. The van der Waals surface area contributed by atoms with Crippen molar-refractivity contribution in [3.05, 3.63) is 48.1 Å². The van der Waals surface area contributed by atoms with Crippen LogP contribution in [-0.2, 0) is 14.4 Å². The van der Waals surface area contributed by atoms with Crippen LogP contribution in [0.25, 0.3) is 11.0 Å². The van der Waals surface area contributed by atoms with Crippen LogP contribution in [0.2, 0.25) is 0 Å². The number of allylic oxidation sites excluding steroid dienone is 4. The van der Waals surface area contributed by atoms with Gasteiger partial charge in [0.2, 0.25) is 11.6 Å². The van der Waals surface area contributed by atoms with Crippen molar-refractivity contribution < 1.29 is 14.4 Å². The van der Waals surface area contributed by atoms with E-state index in [1.165, 1.54) is 30.0 Å². The number of H-pyrrole nitrogens is 1. The van der Waals surface area contributed by atoms with Gasteiger partial charge in [0, 0.05) is 0 Å². The molecule has 23 heavy (non-hydrogen) atoms. The van der Waals surface area contributed by atoms with Gasteiger partial charge in [-0.3, -0.25) is 14.4 Å². The topological polar surface area (TPSA) is 79.9 Å². The Hall–Kier alpha value is -2.47. The Morgan fingerprint density at radius 2 is 2.13 bits per heavy atom. The molecule has 0 bridgehead atoms. The minimum atomic E-state index is -1.00. The molecule has 1 aromatic carbocycles. The smallest absolute Gasteiger partial charge is 0.222 e. The van der Waals surface area contributed by atoms with Crippen molar-refractivity contribution in [2.45, 2.75) is 12.1 Å². The molecule has 1 heterocycles. The van der Waals surface area contributed by atoms with E-state index >= 15 is 0 Å². The molecule has 0 amide bonds. The number of thioether (sulfide) groups is 1.